The Hall–Kier alpha value is -0.540. The van der Waals surface area contributed by atoms with Gasteiger partial charge < -0.3 is 10.0 Å². The number of halogens is 1. The monoisotopic (exact) mass is 283 g/mol. The molecule has 1 atom stereocenters. The summed E-state index contributed by atoms with van der Waals surface area (Å²) in [6, 6.07) is 6.49. The summed E-state index contributed by atoms with van der Waals surface area (Å²) in [5.41, 5.74) is 2.56. The van der Waals surface area contributed by atoms with Gasteiger partial charge in [0.05, 0.1) is 5.69 Å². The van der Waals surface area contributed by atoms with Crippen LogP contribution in [0.15, 0.2) is 22.7 Å². The Bertz CT molecular complexity index is 367. The summed E-state index contributed by atoms with van der Waals surface area (Å²) < 4.78 is 1.18. The van der Waals surface area contributed by atoms with Crippen molar-refractivity contribution in [2.45, 2.75) is 19.8 Å². The molecule has 1 aliphatic heterocycles. The highest BCUT2D eigenvalue weighted by Gasteiger charge is 2.23. The van der Waals surface area contributed by atoms with Crippen molar-refractivity contribution in [2.24, 2.45) is 5.92 Å². The summed E-state index contributed by atoms with van der Waals surface area (Å²) in [6.45, 7) is 4.59. The maximum Gasteiger partial charge on any atom is 0.0510 e. The number of rotatable bonds is 3. The Balaban J connectivity index is 2.08. The fraction of sp³-hybridized carbons (Fsp3) is 0.538. The fourth-order valence-corrected chi connectivity index (χ4v) is 3.08. The Morgan fingerprint density at radius 3 is 3.00 bits per heavy atom. The Labute approximate surface area is 105 Å². The highest BCUT2D eigenvalue weighted by molar-refractivity contribution is 9.10. The van der Waals surface area contributed by atoms with Gasteiger partial charge in [0.25, 0.3) is 0 Å². The summed E-state index contributed by atoms with van der Waals surface area (Å²) in [5.74, 6) is 0.651. The minimum atomic E-state index is 0.313. The first-order valence-corrected chi connectivity index (χ1v) is 6.62. The van der Waals surface area contributed by atoms with E-state index in [1.165, 1.54) is 22.1 Å². The molecule has 1 saturated heterocycles. The number of hydrogen-bond donors (Lipinski definition) is 1. The zero-order valence-corrected chi connectivity index (χ0v) is 11.2. The van der Waals surface area contributed by atoms with Gasteiger partial charge in [0.15, 0.2) is 0 Å². The first kappa shape index (κ1) is 11.9. The topological polar surface area (TPSA) is 23.5 Å². The van der Waals surface area contributed by atoms with Crippen LogP contribution in [0.5, 0.6) is 0 Å². The number of benzene rings is 1. The van der Waals surface area contributed by atoms with E-state index in [1.807, 2.05) is 0 Å². The molecule has 0 bridgehead atoms. The third kappa shape index (κ3) is 2.58. The van der Waals surface area contributed by atoms with Gasteiger partial charge in [-0.15, -0.1) is 0 Å². The molecule has 0 saturated carbocycles. The zero-order valence-electron chi connectivity index (χ0n) is 9.62. The molecule has 1 aromatic rings. The molecule has 0 spiro atoms. The predicted molar refractivity (Wildman–Crippen MR) is 70.9 cm³/mol. The van der Waals surface area contributed by atoms with Crippen LogP contribution >= 0.6 is 15.9 Å². The lowest BCUT2D eigenvalue weighted by Gasteiger charge is -2.20. The standard InChI is InChI=1S/C13H18BrNO/c1-10-2-3-13(12(14)8-10)15-6-4-11(9-15)5-7-16/h2-3,8,11,16H,4-7,9H2,1H3. The molecule has 0 radical (unpaired) electrons. The second-order valence-corrected chi connectivity index (χ2v) is 5.42. The molecule has 1 aromatic carbocycles. The summed E-state index contributed by atoms with van der Waals surface area (Å²) >= 11 is 3.62. The molecule has 2 rings (SSSR count). The van der Waals surface area contributed by atoms with Crippen LogP contribution in [0.3, 0.4) is 0 Å². The maximum absolute atomic E-state index is 8.95. The van der Waals surface area contributed by atoms with Gasteiger partial charge in [0.1, 0.15) is 0 Å². The van der Waals surface area contributed by atoms with E-state index in [0.717, 1.165) is 19.5 Å². The van der Waals surface area contributed by atoms with E-state index in [9.17, 15) is 0 Å². The van der Waals surface area contributed by atoms with E-state index in [2.05, 4.69) is 46.0 Å². The van der Waals surface area contributed by atoms with Gasteiger partial charge in [0, 0.05) is 24.2 Å². The van der Waals surface area contributed by atoms with Crippen molar-refractivity contribution in [2.75, 3.05) is 24.6 Å². The summed E-state index contributed by atoms with van der Waals surface area (Å²) in [7, 11) is 0. The van der Waals surface area contributed by atoms with E-state index < -0.39 is 0 Å². The molecular weight excluding hydrogens is 266 g/mol. The third-order valence-electron chi connectivity index (χ3n) is 3.27. The van der Waals surface area contributed by atoms with Gasteiger partial charge in [0.2, 0.25) is 0 Å². The smallest absolute Gasteiger partial charge is 0.0510 e. The van der Waals surface area contributed by atoms with Crippen molar-refractivity contribution in [1.82, 2.24) is 0 Å². The van der Waals surface area contributed by atoms with E-state index in [-0.39, 0.29) is 0 Å². The average molecular weight is 284 g/mol. The molecule has 1 heterocycles. The number of nitrogens with zero attached hydrogens (tertiary/aromatic N) is 1. The number of aliphatic hydroxyl groups excluding tert-OH is 1. The van der Waals surface area contributed by atoms with Gasteiger partial charge in [-0.2, -0.15) is 0 Å². The maximum atomic E-state index is 8.95. The van der Waals surface area contributed by atoms with Crippen LogP contribution < -0.4 is 4.90 Å². The van der Waals surface area contributed by atoms with E-state index in [1.54, 1.807) is 0 Å². The molecule has 1 aliphatic rings. The van der Waals surface area contributed by atoms with Crippen LogP contribution in [0.1, 0.15) is 18.4 Å². The Morgan fingerprint density at radius 2 is 2.31 bits per heavy atom. The molecule has 16 heavy (non-hydrogen) atoms. The largest absolute Gasteiger partial charge is 0.396 e. The quantitative estimate of drug-likeness (QED) is 0.922. The molecular formula is C13H18BrNO. The lowest BCUT2D eigenvalue weighted by Crippen LogP contribution is -2.20. The van der Waals surface area contributed by atoms with Crippen molar-refractivity contribution in [3.8, 4) is 0 Å². The Morgan fingerprint density at radius 1 is 1.50 bits per heavy atom. The van der Waals surface area contributed by atoms with Gasteiger partial charge in [-0.1, -0.05) is 6.07 Å². The van der Waals surface area contributed by atoms with Crippen LogP contribution in [0.25, 0.3) is 0 Å². The number of aryl methyl sites for hydroxylation is 1. The molecule has 0 amide bonds. The lowest BCUT2D eigenvalue weighted by atomic mass is 10.1. The second-order valence-electron chi connectivity index (χ2n) is 4.57. The van der Waals surface area contributed by atoms with Crippen molar-refractivity contribution in [3.05, 3.63) is 28.2 Å². The van der Waals surface area contributed by atoms with Crippen LogP contribution in [0.2, 0.25) is 0 Å². The highest BCUT2D eigenvalue weighted by atomic mass is 79.9. The molecule has 1 unspecified atom stereocenters. The minimum absolute atomic E-state index is 0.313. The number of hydrogen-bond acceptors (Lipinski definition) is 2. The van der Waals surface area contributed by atoms with Crippen LogP contribution in [0, 0.1) is 12.8 Å². The van der Waals surface area contributed by atoms with Crippen LogP contribution in [-0.2, 0) is 0 Å². The molecule has 3 heteroatoms. The molecule has 1 fully saturated rings. The van der Waals surface area contributed by atoms with Crippen LogP contribution in [0.4, 0.5) is 5.69 Å². The van der Waals surface area contributed by atoms with Gasteiger partial charge in [-0.3, -0.25) is 0 Å². The first-order chi connectivity index (χ1) is 7.70. The summed E-state index contributed by atoms with van der Waals surface area (Å²) in [4.78, 5) is 2.41. The van der Waals surface area contributed by atoms with Crippen molar-refractivity contribution in [3.63, 3.8) is 0 Å². The van der Waals surface area contributed by atoms with Gasteiger partial charge in [-0.25, -0.2) is 0 Å². The van der Waals surface area contributed by atoms with E-state index in [0.29, 0.717) is 12.5 Å². The molecule has 0 aliphatic carbocycles. The van der Waals surface area contributed by atoms with Gasteiger partial charge in [-0.05, 0) is 59.3 Å². The van der Waals surface area contributed by atoms with Crippen molar-refractivity contribution in [1.29, 1.82) is 0 Å². The fourth-order valence-electron chi connectivity index (χ4n) is 2.34. The van der Waals surface area contributed by atoms with E-state index >= 15 is 0 Å². The summed E-state index contributed by atoms with van der Waals surface area (Å²) in [5, 5.41) is 8.95. The predicted octanol–water partition coefficient (Wildman–Crippen LogP) is 2.97. The number of anilines is 1. The first-order valence-electron chi connectivity index (χ1n) is 5.82. The second kappa shape index (κ2) is 5.19. The zero-order chi connectivity index (χ0) is 11.5. The number of aliphatic hydroxyl groups is 1. The van der Waals surface area contributed by atoms with Gasteiger partial charge >= 0.3 is 0 Å². The normalized spacial score (nSPS) is 20.4. The molecule has 88 valence electrons. The molecule has 1 N–H and O–H groups in total. The minimum Gasteiger partial charge on any atom is -0.396 e. The molecule has 0 aromatic heterocycles. The highest BCUT2D eigenvalue weighted by Crippen LogP contribution is 2.32. The third-order valence-corrected chi connectivity index (χ3v) is 3.90. The van der Waals surface area contributed by atoms with Crippen molar-refractivity contribution < 1.29 is 5.11 Å². The lowest BCUT2D eigenvalue weighted by molar-refractivity contribution is 0.263. The van der Waals surface area contributed by atoms with Crippen LogP contribution in [-0.4, -0.2) is 24.8 Å². The van der Waals surface area contributed by atoms with E-state index in [4.69, 9.17) is 5.11 Å². The summed E-state index contributed by atoms with van der Waals surface area (Å²) in [6.07, 6.45) is 2.13. The van der Waals surface area contributed by atoms with Crippen molar-refractivity contribution >= 4 is 21.6 Å². The Kier molecular flexibility index (Phi) is 3.87. The molecule has 2 nitrogen and oxygen atoms in total. The SMILES string of the molecule is Cc1ccc(N2CCC(CCO)C2)c(Br)c1. The average Bonchev–Trinajstić information content (AvgIpc) is 2.67.